The molecule has 1 aromatic carbocycles. The van der Waals surface area contributed by atoms with E-state index >= 15 is 0 Å². The lowest BCUT2D eigenvalue weighted by Gasteiger charge is -2.06. The Balaban J connectivity index is 2.05. The molecule has 14 heavy (non-hydrogen) atoms. The summed E-state index contributed by atoms with van der Waals surface area (Å²) in [4.78, 5) is 0. The average molecular weight is 211 g/mol. The molecule has 3 heteroatoms. The Morgan fingerprint density at radius 3 is 2.71 bits per heavy atom. The number of para-hydroxylation sites is 1. The molecular formula is C11H17NOS. The van der Waals surface area contributed by atoms with E-state index < -0.39 is 0 Å². The van der Waals surface area contributed by atoms with E-state index in [1.165, 1.54) is 0 Å². The first-order valence-electron chi connectivity index (χ1n) is 4.80. The Morgan fingerprint density at radius 2 is 2.07 bits per heavy atom. The van der Waals surface area contributed by atoms with Gasteiger partial charge in [-0.3, -0.25) is 0 Å². The second-order valence-electron chi connectivity index (χ2n) is 3.21. The number of benzene rings is 1. The zero-order chi connectivity index (χ0) is 10.2. The lowest BCUT2D eigenvalue weighted by Crippen LogP contribution is -2.18. The highest BCUT2D eigenvalue weighted by molar-refractivity contribution is 7.99. The lowest BCUT2D eigenvalue weighted by molar-refractivity contribution is 0.344. The Labute approximate surface area is 89.8 Å². The van der Waals surface area contributed by atoms with Crippen molar-refractivity contribution in [3.63, 3.8) is 0 Å². The fraction of sp³-hybridized carbons (Fsp3) is 0.455. The second-order valence-corrected chi connectivity index (χ2v) is 4.36. The molecule has 0 aliphatic carbocycles. The van der Waals surface area contributed by atoms with Crippen LogP contribution in [0.1, 0.15) is 6.92 Å². The minimum atomic E-state index is 0.275. The predicted molar refractivity (Wildman–Crippen MR) is 62.9 cm³/mol. The number of hydrogen-bond donors (Lipinski definition) is 1. The van der Waals surface area contributed by atoms with Crippen molar-refractivity contribution in [2.75, 3.05) is 18.1 Å². The Morgan fingerprint density at radius 1 is 1.36 bits per heavy atom. The van der Waals surface area contributed by atoms with Crippen molar-refractivity contribution in [2.24, 2.45) is 5.73 Å². The summed E-state index contributed by atoms with van der Waals surface area (Å²) in [5.74, 6) is 2.93. The fourth-order valence-corrected chi connectivity index (χ4v) is 1.74. The van der Waals surface area contributed by atoms with E-state index in [1.54, 1.807) is 0 Å². The van der Waals surface area contributed by atoms with Crippen molar-refractivity contribution >= 4 is 11.8 Å². The average Bonchev–Trinajstić information content (AvgIpc) is 2.18. The third-order valence-electron chi connectivity index (χ3n) is 1.62. The summed E-state index contributed by atoms with van der Waals surface area (Å²) in [6.45, 7) is 2.77. The largest absolute Gasteiger partial charge is 0.493 e. The van der Waals surface area contributed by atoms with Gasteiger partial charge in [0, 0.05) is 17.5 Å². The van der Waals surface area contributed by atoms with E-state index in [9.17, 15) is 0 Å². The predicted octanol–water partition coefficient (Wildman–Crippen LogP) is 2.15. The van der Waals surface area contributed by atoms with Crippen LogP contribution in [0.3, 0.4) is 0 Å². The van der Waals surface area contributed by atoms with Crippen LogP contribution in [0.4, 0.5) is 0 Å². The smallest absolute Gasteiger partial charge is 0.119 e. The van der Waals surface area contributed by atoms with Gasteiger partial charge in [0.15, 0.2) is 0 Å². The molecule has 0 radical (unpaired) electrons. The van der Waals surface area contributed by atoms with Gasteiger partial charge in [-0.1, -0.05) is 18.2 Å². The minimum absolute atomic E-state index is 0.275. The Bertz CT molecular complexity index is 238. The van der Waals surface area contributed by atoms with Crippen LogP contribution in [0.2, 0.25) is 0 Å². The maximum Gasteiger partial charge on any atom is 0.119 e. The molecule has 1 rings (SSSR count). The van der Waals surface area contributed by atoms with Crippen LogP contribution in [0.15, 0.2) is 30.3 Å². The maximum absolute atomic E-state index is 5.62. The van der Waals surface area contributed by atoms with Gasteiger partial charge in [-0.15, -0.1) is 0 Å². The van der Waals surface area contributed by atoms with Gasteiger partial charge < -0.3 is 10.5 Å². The molecule has 0 bridgehead atoms. The first kappa shape index (κ1) is 11.4. The standard InChI is InChI=1S/C11H17NOS/c1-10(12)9-14-8-7-13-11-5-3-2-4-6-11/h2-6,10H,7-9,12H2,1H3. The fourth-order valence-electron chi connectivity index (χ4n) is 1.00. The minimum Gasteiger partial charge on any atom is -0.493 e. The molecule has 2 N–H and O–H groups in total. The summed E-state index contributed by atoms with van der Waals surface area (Å²) in [5.41, 5.74) is 5.62. The molecule has 1 aromatic rings. The molecule has 1 atom stereocenters. The summed E-state index contributed by atoms with van der Waals surface area (Å²) in [7, 11) is 0. The van der Waals surface area contributed by atoms with Crippen LogP contribution < -0.4 is 10.5 Å². The molecule has 0 spiro atoms. The van der Waals surface area contributed by atoms with E-state index in [1.807, 2.05) is 49.0 Å². The van der Waals surface area contributed by atoms with Crippen molar-refractivity contribution in [1.29, 1.82) is 0 Å². The van der Waals surface area contributed by atoms with Gasteiger partial charge in [0.25, 0.3) is 0 Å². The summed E-state index contributed by atoms with van der Waals surface area (Å²) < 4.78 is 5.53. The number of nitrogens with two attached hydrogens (primary N) is 1. The summed E-state index contributed by atoms with van der Waals surface area (Å²) in [5, 5.41) is 0. The molecule has 0 aromatic heterocycles. The Hall–Kier alpha value is -0.670. The van der Waals surface area contributed by atoms with E-state index in [0.717, 1.165) is 23.9 Å². The topological polar surface area (TPSA) is 35.2 Å². The number of thioether (sulfide) groups is 1. The number of hydrogen-bond acceptors (Lipinski definition) is 3. The highest BCUT2D eigenvalue weighted by Gasteiger charge is 1.95. The first-order chi connectivity index (χ1) is 6.79. The van der Waals surface area contributed by atoms with Crippen LogP contribution in [0, 0.1) is 0 Å². The van der Waals surface area contributed by atoms with Crippen LogP contribution in [-0.2, 0) is 0 Å². The summed E-state index contributed by atoms with van der Waals surface area (Å²) in [6, 6.07) is 10.1. The molecule has 0 saturated heterocycles. The van der Waals surface area contributed by atoms with Crippen LogP contribution in [-0.4, -0.2) is 24.2 Å². The molecule has 0 aliphatic heterocycles. The van der Waals surface area contributed by atoms with Gasteiger partial charge in [-0.05, 0) is 19.1 Å². The monoisotopic (exact) mass is 211 g/mol. The van der Waals surface area contributed by atoms with E-state index in [4.69, 9.17) is 10.5 Å². The molecule has 2 nitrogen and oxygen atoms in total. The van der Waals surface area contributed by atoms with E-state index in [2.05, 4.69) is 0 Å². The normalized spacial score (nSPS) is 12.4. The third-order valence-corrected chi connectivity index (χ3v) is 2.84. The lowest BCUT2D eigenvalue weighted by atomic mass is 10.3. The van der Waals surface area contributed by atoms with Gasteiger partial charge in [0.1, 0.15) is 5.75 Å². The SMILES string of the molecule is CC(N)CSCCOc1ccccc1. The van der Waals surface area contributed by atoms with Gasteiger partial charge in [0.05, 0.1) is 6.61 Å². The summed E-state index contributed by atoms with van der Waals surface area (Å²) >= 11 is 1.83. The molecule has 0 aliphatic rings. The molecule has 1 unspecified atom stereocenters. The molecule has 0 saturated carbocycles. The van der Waals surface area contributed by atoms with Crippen molar-refractivity contribution in [2.45, 2.75) is 13.0 Å². The third kappa shape index (κ3) is 5.14. The quantitative estimate of drug-likeness (QED) is 0.732. The molecule has 0 amide bonds. The molecule has 0 heterocycles. The molecule has 78 valence electrons. The Kier molecular flexibility index (Phi) is 5.49. The summed E-state index contributed by atoms with van der Waals surface area (Å²) in [6.07, 6.45) is 0. The van der Waals surface area contributed by atoms with E-state index in [0.29, 0.717) is 0 Å². The number of ether oxygens (including phenoxy) is 1. The van der Waals surface area contributed by atoms with E-state index in [-0.39, 0.29) is 6.04 Å². The highest BCUT2D eigenvalue weighted by atomic mass is 32.2. The van der Waals surface area contributed by atoms with Crippen LogP contribution >= 0.6 is 11.8 Å². The number of rotatable bonds is 6. The second kappa shape index (κ2) is 6.74. The van der Waals surface area contributed by atoms with Crippen molar-refractivity contribution in [3.05, 3.63) is 30.3 Å². The maximum atomic E-state index is 5.62. The zero-order valence-corrected chi connectivity index (χ0v) is 9.30. The zero-order valence-electron chi connectivity index (χ0n) is 8.48. The molecule has 0 fully saturated rings. The van der Waals surface area contributed by atoms with Gasteiger partial charge in [-0.2, -0.15) is 11.8 Å². The van der Waals surface area contributed by atoms with Gasteiger partial charge in [0.2, 0.25) is 0 Å². The van der Waals surface area contributed by atoms with Crippen molar-refractivity contribution in [1.82, 2.24) is 0 Å². The van der Waals surface area contributed by atoms with Crippen molar-refractivity contribution < 1.29 is 4.74 Å². The van der Waals surface area contributed by atoms with Crippen LogP contribution in [0.5, 0.6) is 5.75 Å². The first-order valence-corrected chi connectivity index (χ1v) is 5.95. The van der Waals surface area contributed by atoms with Gasteiger partial charge in [-0.25, -0.2) is 0 Å². The van der Waals surface area contributed by atoms with Crippen LogP contribution in [0.25, 0.3) is 0 Å². The molecular weight excluding hydrogens is 194 g/mol. The van der Waals surface area contributed by atoms with Crippen molar-refractivity contribution in [3.8, 4) is 5.75 Å². The highest BCUT2D eigenvalue weighted by Crippen LogP contribution is 2.09. The van der Waals surface area contributed by atoms with Gasteiger partial charge >= 0.3 is 0 Å².